The smallest absolute Gasteiger partial charge is 0.255 e. The summed E-state index contributed by atoms with van der Waals surface area (Å²) in [5.74, 6) is -0.311. The van der Waals surface area contributed by atoms with Crippen LogP contribution in [-0.2, 0) is 21.3 Å². The predicted molar refractivity (Wildman–Crippen MR) is 112 cm³/mol. The van der Waals surface area contributed by atoms with E-state index in [0.29, 0.717) is 16.8 Å². The molecule has 1 heterocycles. The average Bonchev–Trinajstić information content (AvgIpc) is 2.62. The molecule has 0 aliphatic carbocycles. The first-order valence-electron chi connectivity index (χ1n) is 9.53. The summed E-state index contributed by atoms with van der Waals surface area (Å²) >= 11 is 0. The van der Waals surface area contributed by atoms with Crippen LogP contribution >= 0.6 is 0 Å². The molecule has 2 aromatic rings. The summed E-state index contributed by atoms with van der Waals surface area (Å²) in [5.41, 5.74) is 2.52. The quantitative estimate of drug-likeness (QED) is 0.778. The third kappa shape index (κ3) is 5.63. The van der Waals surface area contributed by atoms with Crippen LogP contribution in [0.15, 0.2) is 47.4 Å². The number of carbonyl (C=O) groups excluding carboxylic acids is 1. The van der Waals surface area contributed by atoms with Crippen molar-refractivity contribution in [3.05, 3.63) is 59.2 Å². The molecule has 0 bridgehead atoms. The molecule has 0 aromatic heterocycles. The molecular weight excluding hydrogens is 390 g/mol. The van der Waals surface area contributed by atoms with E-state index in [1.165, 1.54) is 6.07 Å². The molecule has 7 nitrogen and oxygen atoms in total. The van der Waals surface area contributed by atoms with E-state index in [-0.39, 0.29) is 23.0 Å². The monoisotopic (exact) mass is 417 g/mol. The van der Waals surface area contributed by atoms with Crippen LogP contribution in [0.25, 0.3) is 0 Å². The fraction of sp³-hybridized carbons (Fsp3) is 0.381. The normalized spacial score (nSPS) is 20.4. The fourth-order valence-corrected chi connectivity index (χ4v) is 4.43. The van der Waals surface area contributed by atoms with E-state index in [9.17, 15) is 13.2 Å². The molecule has 1 amide bonds. The maximum Gasteiger partial charge on any atom is 0.255 e. The molecule has 1 aliphatic heterocycles. The summed E-state index contributed by atoms with van der Waals surface area (Å²) in [6, 6.07) is 12.0. The molecular formula is C21H27N3O4S. The van der Waals surface area contributed by atoms with Crippen molar-refractivity contribution in [2.75, 3.05) is 18.4 Å². The molecule has 3 rings (SSSR count). The van der Waals surface area contributed by atoms with Gasteiger partial charge in [0.1, 0.15) is 0 Å². The molecule has 3 N–H and O–H groups in total. The standard InChI is InChI=1S/C21H27N3O4S/c1-14-4-9-19(10-20(14)29(22,26)27)23-21(25)18-7-5-17(6-8-18)13-24-11-15(2)28-16(3)12-24/h4-10,15-16H,11-13H2,1-3H3,(H,23,25)(H2,22,26,27)/t15-,16-/m0/s1. The van der Waals surface area contributed by atoms with Gasteiger partial charge in [-0.05, 0) is 56.2 Å². The Kier molecular flexibility index (Phi) is 6.38. The molecule has 0 saturated carbocycles. The molecule has 0 unspecified atom stereocenters. The third-order valence-electron chi connectivity index (χ3n) is 4.87. The minimum Gasteiger partial charge on any atom is -0.373 e. The number of hydrogen-bond acceptors (Lipinski definition) is 5. The van der Waals surface area contributed by atoms with E-state index in [2.05, 4.69) is 24.1 Å². The van der Waals surface area contributed by atoms with Crippen molar-refractivity contribution in [2.45, 2.75) is 44.4 Å². The second-order valence-electron chi connectivity index (χ2n) is 7.63. The Labute approximate surface area is 171 Å². The Bertz CT molecular complexity index is 979. The highest BCUT2D eigenvalue weighted by atomic mass is 32.2. The highest BCUT2D eigenvalue weighted by Crippen LogP contribution is 2.20. The number of primary sulfonamides is 1. The molecule has 29 heavy (non-hydrogen) atoms. The maximum atomic E-state index is 12.5. The van der Waals surface area contributed by atoms with Gasteiger partial charge in [-0.25, -0.2) is 13.6 Å². The summed E-state index contributed by atoms with van der Waals surface area (Å²) in [6.07, 6.45) is 0.418. The second-order valence-corrected chi connectivity index (χ2v) is 9.16. The van der Waals surface area contributed by atoms with Gasteiger partial charge < -0.3 is 10.1 Å². The van der Waals surface area contributed by atoms with Gasteiger partial charge >= 0.3 is 0 Å². The lowest BCUT2D eigenvalue weighted by molar-refractivity contribution is -0.0704. The van der Waals surface area contributed by atoms with E-state index < -0.39 is 10.0 Å². The van der Waals surface area contributed by atoms with Gasteiger partial charge in [-0.3, -0.25) is 9.69 Å². The molecule has 0 spiro atoms. The number of benzene rings is 2. The Morgan fingerprint density at radius 1 is 1.14 bits per heavy atom. The number of amides is 1. The number of rotatable bonds is 5. The van der Waals surface area contributed by atoms with E-state index >= 15 is 0 Å². The van der Waals surface area contributed by atoms with Crippen molar-refractivity contribution in [3.8, 4) is 0 Å². The average molecular weight is 418 g/mol. The lowest BCUT2D eigenvalue weighted by atomic mass is 10.1. The first-order chi connectivity index (χ1) is 13.6. The summed E-state index contributed by atoms with van der Waals surface area (Å²) in [6.45, 7) is 8.36. The van der Waals surface area contributed by atoms with Crippen molar-refractivity contribution in [1.82, 2.24) is 4.90 Å². The number of hydrogen-bond donors (Lipinski definition) is 2. The molecule has 0 radical (unpaired) electrons. The van der Waals surface area contributed by atoms with Crippen LogP contribution in [0, 0.1) is 6.92 Å². The van der Waals surface area contributed by atoms with E-state index in [0.717, 1.165) is 25.2 Å². The van der Waals surface area contributed by atoms with Gasteiger partial charge in [0.2, 0.25) is 10.0 Å². The van der Waals surface area contributed by atoms with Crippen molar-refractivity contribution >= 4 is 21.6 Å². The van der Waals surface area contributed by atoms with Gasteiger partial charge in [-0.15, -0.1) is 0 Å². The zero-order chi connectivity index (χ0) is 21.2. The molecule has 2 atom stereocenters. The van der Waals surface area contributed by atoms with Crippen LogP contribution in [0.1, 0.15) is 35.3 Å². The van der Waals surface area contributed by atoms with Gasteiger partial charge in [0.15, 0.2) is 0 Å². The van der Waals surface area contributed by atoms with Crippen molar-refractivity contribution in [2.24, 2.45) is 5.14 Å². The first kappa shape index (κ1) is 21.4. The van der Waals surface area contributed by atoms with Crippen LogP contribution < -0.4 is 10.5 Å². The molecule has 1 aliphatic rings. The fourth-order valence-electron chi connectivity index (χ4n) is 3.62. The zero-order valence-electron chi connectivity index (χ0n) is 16.9. The van der Waals surface area contributed by atoms with Gasteiger partial charge in [0.25, 0.3) is 5.91 Å². The second kappa shape index (κ2) is 8.62. The van der Waals surface area contributed by atoms with Gasteiger partial charge in [0, 0.05) is 30.9 Å². The van der Waals surface area contributed by atoms with E-state index in [1.54, 1.807) is 31.2 Å². The maximum absolute atomic E-state index is 12.5. The topological polar surface area (TPSA) is 102 Å². The van der Waals surface area contributed by atoms with Crippen LogP contribution in [0.2, 0.25) is 0 Å². The van der Waals surface area contributed by atoms with Crippen LogP contribution in [0.4, 0.5) is 5.69 Å². The van der Waals surface area contributed by atoms with Gasteiger partial charge in [-0.2, -0.15) is 0 Å². The van der Waals surface area contributed by atoms with Crippen molar-refractivity contribution in [3.63, 3.8) is 0 Å². The molecule has 2 aromatic carbocycles. The van der Waals surface area contributed by atoms with E-state index in [4.69, 9.17) is 9.88 Å². The third-order valence-corrected chi connectivity index (χ3v) is 5.92. The Hall–Kier alpha value is -2.26. The first-order valence-corrected chi connectivity index (χ1v) is 11.1. The number of nitrogens with one attached hydrogen (secondary N) is 1. The lowest BCUT2D eigenvalue weighted by Crippen LogP contribution is -2.44. The van der Waals surface area contributed by atoms with Crippen LogP contribution in [0.5, 0.6) is 0 Å². The molecule has 1 saturated heterocycles. The minimum absolute atomic E-state index is 0.000356. The number of nitrogens with two attached hydrogens (primary N) is 1. The van der Waals surface area contributed by atoms with Gasteiger partial charge in [-0.1, -0.05) is 18.2 Å². The zero-order valence-corrected chi connectivity index (χ0v) is 17.7. The van der Waals surface area contributed by atoms with Crippen LogP contribution in [-0.4, -0.2) is 44.5 Å². The van der Waals surface area contributed by atoms with E-state index in [1.807, 2.05) is 12.1 Å². The molecule has 8 heteroatoms. The predicted octanol–water partition coefficient (Wildman–Crippen LogP) is 2.50. The number of anilines is 1. The Morgan fingerprint density at radius 2 is 1.76 bits per heavy atom. The SMILES string of the molecule is Cc1ccc(NC(=O)c2ccc(CN3C[C@H](C)O[C@@H](C)C3)cc2)cc1S(N)(=O)=O. The van der Waals surface area contributed by atoms with Crippen molar-refractivity contribution in [1.29, 1.82) is 0 Å². The largest absolute Gasteiger partial charge is 0.373 e. The number of sulfonamides is 1. The number of aryl methyl sites for hydroxylation is 1. The summed E-state index contributed by atoms with van der Waals surface area (Å²) < 4.78 is 29.1. The number of nitrogens with zero attached hydrogens (tertiary/aromatic N) is 1. The minimum atomic E-state index is -3.85. The number of carbonyl (C=O) groups is 1. The molecule has 1 fully saturated rings. The summed E-state index contributed by atoms with van der Waals surface area (Å²) in [4.78, 5) is 14.9. The van der Waals surface area contributed by atoms with Crippen LogP contribution in [0.3, 0.4) is 0 Å². The Morgan fingerprint density at radius 3 is 2.34 bits per heavy atom. The highest BCUT2D eigenvalue weighted by molar-refractivity contribution is 7.89. The lowest BCUT2D eigenvalue weighted by Gasteiger charge is -2.35. The number of morpholine rings is 1. The summed E-state index contributed by atoms with van der Waals surface area (Å²) in [7, 11) is -3.85. The highest BCUT2D eigenvalue weighted by Gasteiger charge is 2.22. The molecule has 156 valence electrons. The van der Waals surface area contributed by atoms with Crippen molar-refractivity contribution < 1.29 is 17.9 Å². The Balaban J connectivity index is 1.66. The summed E-state index contributed by atoms with van der Waals surface area (Å²) in [5, 5.41) is 7.95. The number of ether oxygens (including phenoxy) is 1. The van der Waals surface area contributed by atoms with Gasteiger partial charge in [0.05, 0.1) is 17.1 Å².